The van der Waals surface area contributed by atoms with Crippen LogP contribution in [0.15, 0.2) is 30.3 Å². The van der Waals surface area contributed by atoms with Gasteiger partial charge < -0.3 is 9.47 Å². The standard InChI is InChI=1S/C26H30F3NO3/c1-16-15-32-25(31)30(16)20-9-12-22-19(14-20)8-13-23(24(22)26(27,28)29)33-21-10-6-18(7-11-21)17-4-2-3-5-17/h8-9,12-14,16-18,21H,2-7,10-11,15H2,1H3. The zero-order chi connectivity index (χ0) is 23.2. The average molecular weight is 462 g/mol. The number of fused-ring (bicyclic) bond motifs is 1. The first-order valence-electron chi connectivity index (χ1n) is 12.1. The number of benzene rings is 2. The second kappa shape index (κ2) is 8.73. The fourth-order valence-electron chi connectivity index (χ4n) is 6.00. The molecule has 0 aromatic heterocycles. The third kappa shape index (κ3) is 4.38. The molecule has 2 saturated carbocycles. The van der Waals surface area contributed by atoms with Crippen molar-refractivity contribution in [1.29, 1.82) is 0 Å². The summed E-state index contributed by atoms with van der Waals surface area (Å²) in [5, 5.41) is 0.507. The van der Waals surface area contributed by atoms with Crippen LogP contribution in [0.4, 0.5) is 23.7 Å². The molecule has 1 aliphatic heterocycles. The van der Waals surface area contributed by atoms with Crippen LogP contribution in [-0.4, -0.2) is 24.8 Å². The van der Waals surface area contributed by atoms with E-state index in [9.17, 15) is 18.0 Å². The van der Waals surface area contributed by atoms with Gasteiger partial charge in [-0.05, 0) is 73.4 Å². The molecule has 3 fully saturated rings. The van der Waals surface area contributed by atoms with E-state index in [-0.39, 0.29) is 29.9 Å². The molecule has 2 aromatic carbocycles. The Morgan fingerprint density at radius 3 is 2.30 bits per heavy atom. The van der Waals surface area contributed by atoms with Gasteiger partial charge in [-0.2, -0.15) is 13.2 Å². The van der Waals surface area contributed by atoms with Crippen LogP contribution in [0.2, 0.25) is 0 Å². The summed E-state index contributed by atoms with van der Waals surface area (Å²) in [5.74, 6) is 1.40. The van der Waals surface area contributed by atoms with Crippen LogP contribution in [-0.2, 0) is 10.9 Å². The van der Waals surface area contributed by atoms with Gasteiger partial charge in [-0.1, -0.05) is 37.8 Å². The quantitative estimate of drug-likeness (QED) is 0.478. The number of amides is 1. The molecule has 0 radical (unpaired) electrons. The van der Waals surface area contributed by atoms with Crippen molar-refractivity contribution in [2.75, 3.05) is 11.5 Å². The minimum atomic E-state index is -4.54. The topological polar surface area (TPSA) is 38.8 Å². The van der Waals surface area contributed by atoms with Gasteiger partial charge in [-0.25, -0.2) is 4.79 Å². The van der Waals surface area contributed by atoms with Crippen molar-refractivity contribution in [1.82, 2.24) is 0 Å². The highest BCUT2D eigenvalue weighted by Gasteiger charge is 2.38. The molecule has 2 aromatic rings. The van der Waals surface area contributed by atoms with Gasteiger partial charge in [0.2, 0.25) is 0 Å². The smallest absolute Gasteiger partial charge is 0.420 e. The second-order valence-corrected chi connectivity index (χ2v) is 9.84. The van der Waals surface area contributed by atoms with Gasteiger partial charge in [0.15, 0.2) is 0 Å². The van der Waals surface area contributed by atoms with Gasteiger partial charge in [0.1, 0.15) is 17.9 Å². The molecule has 1 heterocycles. The lowest BCUT2D eigenvalue weighted by molar-refractivity contribution is -0.138. The van der Waals surface area contributed by atoms with E-state index in [1.165, 1.54) is 42.7 Å². The van der Waals surface area contributed by atoms with E-state index < -0.39 is 17.8 Å². The van der Waals surface area contributed by atoms with E-state index in [0.29, 0.717) is 17.0 Å². The number of halogens is 3. The fraction of sp³-hybridized carbons (Fsp3) is 0.577. The van der Waals surface area contributed by atoms with E-state index in [2.05, 4.69) is 0 Å². The molecule has 1 unspecified atom stereocenters. The lowest BCUT2D eigenvalue weighted by Gasteiger charge is -2.33. The van der Waals surface area contributed by atoms with Crippen LogP contribution in [0.1, 0.15) is 63.9 Å². The number of cyclic esters (lactones) is 1. The fourth-order valence-corrected chi connectivity index (χ4v) is 6.00. The van der Waals surface area contributed by atoms with Crippen molar-refractivity contribution < 1.29 is 27.4 Å². The van der Waals surface area contributed by atoms with Crippen molar-refractivity contribution in [3.8, 4) is 5.75 Å². The van der Waals surface area contributed by atoms with E-state index in [1.807, 2.05) is 6.92 Å². The van der Waals surface area contributed by atoms with Gasteiger partial charge in [-0.15, -0.1) is 0 Å². The van der Waals surface area contributed by atoms with Crippen LogP contribution < -0.4 is 9.64 Å². The molecule has 178 valence electrons. The Balaban J connectivity index is 1.39. The Bertz CT molecular complexity index is 1020. The van der Waals surface area contributed by atoms with Gasteiger partial charge in [0.25, 0.3) is 0 Å². The molecule has 2 aliphatic carbocycles. The molecular formula is C26H30F3NO3. The largest absolute Gasteiger partial charge is 0.490 e. The molecule has 1 amide bonds. The number of hydrogen-bond acceptors (Lipinski definition) is 3. The maximum absolute atomic E-state index is 14.2. The van der Waals surface area contributed by atoms with Crippen LogP contribution in [0.25, 0.3) is 10.8 Å². The SMILES string of the molecule is CC1COC(=O)N1c1ccc2c(C(F)(F)F)c(OC3CCC(C4CCCC4)CC3)ccc2c1. The maximum Gasteiger partial charge on any atom is 0.420 e. The summed E-state index contributed by atoms with van der Waals surface area (Å²) in [4.78, 5) is 13.5. The van der Waals surface area contributed by atoms with E-state index in [4.69, 9.17) is 9.47 Å². The highest BCUT2D eigenvalue weighted by Crippen LogP contribution is 2.45. The third-order valence-corrected chi connectivity index (χ3v) is 7.69. The van der Waals surface area contributed by atoms with Crippen molar-refractivity contribution in [3.63, 3.8) is 0 Å². The van der Waals surface area contributed by atoms with Gasteiger partial charge in [0.05, 0.1) is 12.1 Å². The Kier molecular flexibility index (Phi) is 5.91. The first-order chi connectivity index (χ1) is 15.8. The minimum Gasteiger partial charge on any atom is -0.490 e. The zero-order valence-corrected chi connectivity index (χ0v) is 18.9. The normalized spacial score (nSPS) is 26.7. The number of nitrogens with zero attached hydrogens (tertiary/aromatic N) is 1. The molecule has 5 rings (SSSR count). The molecule has 0 bridgehead atoms. The summed E-state index contributed by atoms with van der Waals surface area (Å²) >= 11 is 0. The van der Waals surface area contributed by atoms with Crippen molar-refractivity contribution in [3.05, 3.63) is 35.9 Å². The predicted molar refractivity (Wildman–Crippen MR) is 121 cm³/mol. The summed E-state index contributed by atoms with van der Waals surface area (Å²) in [6, 6.07) is 7.53. The highest BCUT2D eigenvalue weighted by atomic mass is 19.4. The maximum atomic E-state index is 14.2. The monoisotopic (exact) mass is 461 g/mol. The minimum absolute atomic E-state index is 0.0867. The number of ether oxygens (including phenoxy) is 2. The van der Waals surface area contributed by atoms with E-state index in [0.717, 1.165) is 31.6 Å². The second-order valence-electron chi connectivity index (χ2n) is 9.84. The summed E-state index contributed by atoms with van der Waals surface area (Å²) in [6.45, 7) is 2.11. The Labute approximate surface area is 192 Å². The lowest BCUT2D eigenvalue weighted by Crippen LogP contribution is -2.30. The predicted octanol–water partition coefficient (Wildman–Crippen LogP) is 7.33. The number of rotatable bonds is 4. The third-order valence-electron chi connectivity index (χ3n) is 7.69. The highest BCUT2D eigenvalue weighted by molar-refractivity contribution is 5.96. The Morgan fingerprint density at radius 2 is 1.67 bits per heavy atom. The molecule has 3 aliphatic rings. The Hall–Kier alpha value is -2.44. The summed E-state index contributed by atoms with van der Waals surface area (Å²) in [6.07, 6.45) is 3.72. The van der Waals surface area contributed by atoms with Crippen molar-refractivity contribution in [2.24, 2.45) is 11.8 Å². The molecule has 1 saturated heterocycles. The number of carbonyl (C=O) groups excluding carboxylic acids is 1. The zero-order valence-electron chi connectivity index (χ0n) is 18.9. The number of hydrogen-bond donors (Lipinski definition) is 0. The first kappa shape index (κ1) is 22.4. The molecule has 0 spiro atoms. The average Bonchev–Trinajstić information content (AvgIpc) is 3.43. The van der Waals surface area contributed by atoms with Gasteiger partial charge >= 0.3 is 12.3 Å². The summed E-state index contributed by atoms with van der Waals surface area (Å²) in [5.41, 5.74) is -0.203. The molecule has 4 nitrogen and oxygen atoms in total. The molecule has 7 heteroatoms. The summed E-state index contributed by atoms with van der Waals surface area (Å²) < 4.78 is 53.5. The van der Waals surface area contributed by atoms with Crippen LogP contribution >= 0.6 is 0 Å². The molecule has 33 heavy (non-hydrogen) atoms. The molecule has 0 N–H and O–H groups in total. The van der Waals surface area contributed by atoms with Crippen molar-refractivity contribution in [2.45, 2.75) is 76.6 Å². The van der Waals surface area contributed by atoms with Crippen LogP contribution in [0.3, 0.4) is 0 Å². The number of anilines is 1. The molecular weight excluding hydrogens is 431 g/mol. The number of alkyl halides is 3. The molecule has 1 atom stereocenters. The van der Waals surface area contributed by atoms with Crippen LogP contribution in [0, 0.1) is 11.8 Å². The number of carbonyl (C=O) groups is 1. The Morgan fingerprint density at radius 1 is 0.970 bits per heavy atom. The lowest BCUT2D eigenvalue weighted by atomic mass is 9.78. The van der Waals surface area contributed by atoms with Crippen LogP contribution in [0.5, 0.6) is 5.75 Å². The van der Waals surface area contributed by atoms with E-state index >= 15 is 0 Å². The first-order valence-corrected chi connectivity index (χ1v) is 12.1. The summed E-state index contributed by atoms with van der Waals surface area (Å²) in [7, 11) is 0. The van der Waals surface area contributed by atoms with Crippen molar-refractivity contribution >= 4 is 22.6 Å². The van der Waals surface area contributed by atoms with E-state index in [1.54, 1.807) is 18.2 Å². The van der Waals surface area contributed by atoms with Gasteiger partial charge in [0, 0.05) is 5.69 Å². The van der Waals surface area contributed by atoms with Gasteiger partial charge in [-0.3, -0.25) is 4.90 Å².